The van der Waals surface area contributed by atoms with Crippen molar-refractivity contribution in [1.29, 1.82) is 0 Å². The Kier molecular flexibility index (Phi) is 16.7. The van der Waals surface area contributed by atoms with E-state index in [1.54, 1.807) is 0 Å². The van der Waals surface area contributed by atoms with Crippen molar-refractivity contribution in [1.82, 2.24) is 0 Å². The molecule has 4 heteroatoms. The van der Waals surface area contributed by atoms with Gasteiger partial charge in [-0.05, 0) is 159 Å². The van der Waals surface area contributed by atoms with E-state index >= 15 is 0 Å². The highest BCUT2D eigenvalue weighted by atomic mass is 16.5. The number of aryl methyl sites for hydroxylation is 4. The van der Waals surface area contributed by atoms with Crippen LogP contribution in [0.4, 0.5) is 0 Å². The number of benzene rings is 12. The monoisotopic (exact) mass is 1260 g/mol. The van der Waals surface area contributed by atoms with Crippen LogP contribution in [-0.2, 0) is 21.7 Å². The Morgan fingerprint density at radius 3 is 0.510 bits per heavy atom. The van der Waals surface area contributed by atoms with Gasteiger partial charge in [-0.2, -0.15) is 0 Å². The first-order valence-electron chi connectivity index (χ1n) is 34.5. The molecule has 0 aliphatic heterocycles. The minimum atomic E-state index is -0.461. The number of hydrogen-bond acceptors (Lipinski definition) is 4. The highest BCUT2D eigenvalue weighted by molar-refractivity contribution is 5.94. The average Bonchev–Trinajstić information content (AvgIpc) is 0.721. The summed E-state index contributed by atoms with van der Waals surface area (Å²) in [6.07, 6.45) is 0. The van der Waals surface area contributed by atoms with E-state index in [9.17, 15) is 0 Å². The largest absolute Gasteiger partial charge is 0.496 e. The lowest BCUT2D eigenvalue weighted by molar-refractivity contribution is 0.389. The number of ether oxygens (including phenoxy) is 4. The molecule has 0 N–H and O–H groups in total. The first-order chi connectivity index (χ1) is 45.7. The molecule has 0 atom stereocenters. The molecule has 0 unspecified atom stereocenters. The Morgan fingerprint density at radius 1 is 0.208 bits per heavy atom. The van der Waals surface area contributed by atoms with Crippen LogP contribution in [0.1, 0.15) is 218 Å². The zero-order chi connectivity index (χ0) is 68.2. The van der Waals surface area contributed by atoms with Crippen molar-refractivity contribution in [2.24, 2.45) is 0 Å². The Labute approximate surface area is 571 Å². The lowest BCUT2D eigenvalue weighted by Crippen LogP contribution is -2.22. The third-order valence-electron chi connectivity index (χ3n) is 21.3. The second kappa shape index (κ2) is 24.5. The Hall–Kier alpha value is -9.12. The summed E-state index contributed by atoms with van der Waals surface area (Å²) in [6.45, 7) is 37.3. The van der Waals surface area contributed by atoms with Crippen LogP contribution in [0.25, 0.3) is 43.1 Å². The molecular weight excluding hydrogens is 1170 g/mol. The number of rotatable bonds is 8. The fourth-order valence-corrected chi connectivity index (χ4v) is 16.0. The van der Waals surface area contributed by atoms with E-state index in [1.807, 2.05) is 28.4 Å². The predicted octanol–water partition coefficient (Wildman–Crippen LogP) is 23.8. The van der Waals surface area contributed by atoms with Gasteiger partial charge in [0.1, 0.15) is 23.0 Å². The third kappa shape index (κ3) is 11.2. The standard InChI is InChI=1S/C92H96O4/c1-53-37-41-69(65-33-25-21-29-61(53)65)81-73-45-57(89(5,6)7)47-75(85(73)93-17)82(70-42-38-54(2)62-30-22-26-34-66(62)70)77-49-59(91(11,12)13)51-79(87(77)95-19)84(72-44-40-56(4)64-32-24-28-36-68(64)72)80-52-60(92(14,15)16)50-78(88(80)96-20)83(71-43-39-55(3)63-31-23-27-35-67(63)71)76-48-58(90(8,9)10)46-74(81)86(76)94-18/h21-52,81-84H,1-20H3. The summed E-state index contributed by atoms with van der Waals surface area (Å²) in [4.78, 5) is 0. The summed E-state index contributed by atoms with van der Waals surface area (Å²) in [7, 11) is 7.60. The first-order valence-corrected chi connectivity index (χ1v) is 34.5. The van der Waals surface area contributed by atoms with Gasteiger partial charge in [-0.25, -0.2) is 0 Å². The van der Waals surface area contributed by atoms with E-state index < -0.39 is 23.7 Å². The lowest BCUT2D eigenvalue weighted by atomic mass is 9.69. The minimum Gasteiger partial charge on any atom is -0.496 e. The Balaban J connectivity index is 1.38. The van der Waals surface area contributed by atoms with Gasteiger partial charge in [-0.15, -0.1) is 0 Å². The Morgan fingerprint density at radius 2 is 0.365 bits per heavy atom. The van der Waals surface area contributed by atoms with E-state index in [0.29, 0.717) is 0 Å². The normalized spacial score (nSPS) is 16.1. The maximum atomic E-state index is 7.46. The summed E-state index contributed by atoms with van der Waals surface area (Å²) in [6, 6.07) is 74.7. The first kappa shape index (κ1) is 65.5. The molecule has 8 bridgehead atoms. The SMILES string of the molecule is COc1c2cc(C(C)(C)C)cc1C(c1ccc(C)c3ccccc13)c1cc(C(C)(C)C)cc(c1OC)C(c1ccc(C)c3ccccc13)c1cc(C(C)(C)C)cc(c1OC)C(c1ccc(C)c3ccccc13)c1cc(C(C)(C)C)cc(c1OC)C2c1ccc(C)c2ccccc12. The van der Waals surface area contributed by atoms with Crippen molar-refractivity contribution < 1.29 is 18.9 Å². The zero-order valence-electron chi connectivity index (χ0n) is 60.4. The van der Waals surface area contributed by atoms with Gasteiger partial charge in [0, 0.05) is 68.2 Å². The maximum Gasteiger partial charge on any atom is 0.127 e. The van der Waals surface area contributed by atoms with Gasteiger partial charge in [-0.1, -0.05) is 277 Å². The van der Waals surface area contributed by atoms with Crippen molar-refractivity contribution >= 4 is 43.1 Å². The molecule has 12 aromatic rings. The molecule has 1 aliphatic carbocycles. The van der Waals surface area contributed by atoms with Crippen molar-refractivity contribution in [3.63, 3.8) is 0 Å². The highest BCUT2D eigenvalue weighted by Crippen LogP contribution is 2.58. The molecule has 0 saturated heterocycles. The third-order valence-corrected chi connectivity index (χ3v) is 21.3. The summed E-state index contributed by atoms with van der Waals surface area (Å²) in [5, 5.41) is 9.53. The summed E-state index contributed by atoms with van der Waals surface area (Å²) in [5.74, 6) is 1.43. The summed E-state index contributed by atoms with van der Waals surface area (Å²) < 4.78 is 29.8. The Bertz CT molecular complexity index is 4310. The molecule has 96 heavy (non-hydrogen) atoms. The van der Waals surface area contributed by atoms with Crippen LogP contribution in [0.3, 0.4) is 0 Å². The van der Waals surface area contributed by atoms with Crippen LogP contribution >= 0.6 is 0 Å². The molecule has 0 radical (unpaired) electrons. The van der Waals surface area contributed by atoms with Crippen LogP contribution in [0.2, 0.25) is 0 Å². The molecular formula is C92H96O4. The van der Waals surface area contributed by atoms with Crippen LogP contribution in [-0.4, -0.2) is 28.4 Å². The smallest absolute Gasteiger partial charge is 0.127 e. The van der Waals surface area contributed by atoms with Crippen LogP contribution in [0.5, 0.6) is 23.0 Å². The fraction of sp³-hybridized carbons (Fsp3) is 0.304. The molecule has 488 valence electrons. The highest BCUT2D eigenvalue weighted by Gasteiger charge is 2.41. The molecule has 1 aliphatic rings. The summed E-state index contributed by atoms with van der Waals surface area (Å²) >= 11 is 0. The van der Waals surface area contributed by atoms with Crippen molar-refractivity contribution in [2.45, 2.75) is 156 Å². The van der Waals surface area contributed by atoms with Crippen LogP contribution < -0.4 is 18.9 Å². The van der Waals surface area contributed by atoms with Crippen molar-refractivity contribution in [2.75, 3.05) is 28.4 Å². The van der Waals surface area contributed by atoms with Crippen LogP contribution in [0, 0.1) is 27.7 Å². The molecule has 13 rings (SSSR count). The molecule has 0 saturated carbocycles. The van der Waals surface area contributed by atoms with E-state index in [-0.39, 0.29) is 21.7 Å². The molecule has 0 amide bonds. The second-order valence-corrected chi connectivity index (χ2v) is 31.6. The predicted molar refractivity (Wildman–Crippen MR) is 405 cm³/mol. The molecule has 12 aromatic carbocycles. The van der Waals surface area contributed by atoms with Gasteiger partial charge >= 0.3 is 0 Å². The molecule has 0 spiro atoms. The van der Waals surface area contributed by atoms with Gasteiger partial charge in [0.2, 0.25) is 0 Å². The average molecular weight is 1270 g/mol. The lowest BCUT2D eigenvalue weighted by Gasteiger charge is -2.36. The van der Waals surface area contributed by atoms with E-state index in [1.165, 1.54) is 87.6 Å². The van der Waals surface area contributed by atoms with Gasteiger partial charge in [-0.3, -0.25) is 0 Å². The van der Waals surface area contributed by atoms with Crippen molar-refractivity contribution in [3.8, 4) is 23.0 Å². The van der Waals surface area contributed by atoms with E-state index in [4.69, 9.17) is 18.9 Å². The second-order valence-electron chi connectivity index (χ2n) is 31.6. The van der Waals surface area contributed by atoms with Gasteiger partial charge in [0.05, 0.1) is 28.4 Å². The minimum absolute atomic E-state index is 0.347. The number of methoxy groups -OCH3 is 4. The van der Waals surface area contributed by atoms with Crippen molar-refractivity contribution in [3.05, 3.63) is 305 Å². The number of hydrogen-bond donors (Lipinski definition) is 0. The topological polar surface area (TPSA) is 36.9 Å². The summed E-state index contributed by atoms with van der Waals surface area (Å²) in [5.41, 5.74) is 21.3. The number of fused-ring (bicyclic) bond motifs is 12. The van der Waals surface area contributed by atoms with E-state index in [2.05, 4.69) is 305 Å². The quantitative estimate of drug-likeness (QED) is 0.152. The van der Waals surface area contributed by atoms with E-state index in [0.717, 1.165) is 89.8 Å². The van der Waals surface area contributed by atoms with Gasteiger partial charge < -0.3 is 18.9 Å². The molecule has 0 aromatic heterocycles. The van der Waals surface area contributed by atoms with Gasteiger partial charge in [0.25, 0.3) is 0 Å². The molecule has 0 fully saturated rings. The van der Waals surface area contributed by atoms with Crippen LogP contribution in [0.15, 0.2) is 194 Å². The van der Waals surface area contributed by atoms with Gasteiger partial charge in [0.15, 0.2) is 0 Å². The zero-order valence-corrected chi connectivity index (χ0v) is 60.4. The fourth-order valence-electron chi connectivity index (χ4n) is 16.0. The maximum absolute atomic E-state index is 7.46. The molecule has 4 nitrogen and oxygen atoms in total. The molecule has 0 heterocycles.